The van der Waals surface area contributed by atoms with Gasteiger partial charge in [0.05, 0.1) is 32.5 Å². The van der Waals surface area contributed by atoms with Crippen molar-refractivity contribution in [1.29, 1.82) is 0 Å². The summed E-state index contributed by atoms with van der Waals surface area (Å²) in [5.74, 6) is 1.44. The van der Waals surface area contributed by atoms with Crippen LogP contribution in [0, 0.1) is 0 Å². The number of hydrogen-bond donors (Lipinski definition) is 3. The van der Waals surface area contributed by atoms with Crippen molar-refractivity contribution in [2.45, 2.75) is 12.7 Å². The van der Waals surface area contributed by atoms with Crippen LogP contribution < -0.4 is 9.47 Å². The maximum Gasteiger partial charge on any atom is 0.231 e. The highest BCUT2D eigenvalue weighted by Crippen LogP contribution is 2.32. The molecule has 0 fully saturated rings. The summed E-state index contributed by atoms with van der Waals surface area (Å²) in [5.41, 5.74) is 0.944. The van der Waals surface area contributed by atoms with Gasteiger partial charge >= 0.3 is 0 Å². The number of nitrogens with zero attached hydrogens (tertiary/aromatic N) is 1. The minimum absolute atomic E-state index is 0.00915. The summed E-state index contributed by atoms with van der Waals surface area (Å²) in [5, 5.41) is 27.8. The van der Waals surface area contributed by atoms with Gasteiger partial charge in [0.2, 0.25) is 6.79 Å². The van der Waals surface area contributed by atoms with Crippen LogP contribution in [-0.2, 0) is 11.3 Å². The Hall–Kier alpha value is -1.38. The van der Waals surface area contributed by atoms with Gasteiger partial charge in [0, 0.05) is 19.6 Å². The molecule has 0 unspecified atom stereocenters. The van der Waals surface area contributed by atoms with E-state index in [1.165, 1.54) is 0 Å². The van der Waals surface area contributed by atoms with Crippen LogP contribution in [0.3, 0.4) is 0 Å². The molecule has 124 valence electrons. The van der Waals surface area contributed by atoms with Crippen molar-refractivity contribution < 1.29 is 29.5 Å². The third-order valence-electron chi connectivity index (χ3n) is 3.32. The van der Waals surface area contributed by atoms with Gasteiger partial charge in [-0.05, 0) is 17.7 Å². The quantitative estimate of drug-likeness (QED) is 0.540. The van der Waals surface area contributed by atoms with Crippen molar-refractivity contribution in [3.63, 3.8) is 0 Å². The molecule has 1 atom stereocenters. The number of hydrogen-bond acceptors (Lipinski definition) is 7. The molecule has 7 nitrogen and oxygen atoms in total. The first kappa shape index (κ1) is 17.0. The van der Waals surface area contributed by atoms with E-state index >= 15 is 0 Å². The molecule has 1 heterocycles. The molecule has 22 heavy (non-hydrogen) atoms. The summed E-state index contributed by atoms with van der Waals surface area (Å²) in [6.45, 7) is 1.96. The van der Waals surface area contributed by atoms with Gasteiger partial charge in [0.25, 0.3) is 0 Å². The molecule has 7 heteroatoms. The maximum atomic E-state index is 9.93. The third-order valence-corrected chi connectivity index (χ3v) is 3.32. The Balaban J connectivity index is 1.71. The molecule has 0 bridgehead atoms. The van der Waals surface area contributed by atoms with Crippen molar-refractivity contribution in [2.75, 3.05) is 46.2 Å². The minimum atomic E-state index is -0.674. The number of fused-ring (bicyclic) bond motifs is 1. The number of aliphatic hydroxyl groups is 3. The summed E-state index contributed by atoms with van der Waals surface area (Å²) < 4.78 is 16.0. The lowest BCUT2D eigenvalue weighted by atomic mass is 10.2. The van der Waals surface area contributed by atoms with Gasteiger partial charge in [0.15, 0.2) is 11.5 Å². The highest BCUT2D eigenvalue weighted by molar-refractivity contribution is 5.44. The molecular formula is C15H23NO6. The Morgan fingerprint density at radius 2 is 1.86 bits per heavy atom. The van der Waals surface area contributed by atoms with Crippen LogP contribution in [-0.4, -0.2) is 72.6 Å². The summed E-state index contributed by atoms with van der Waals surface area (Å²) in [4.78, 5) is 1.79. The first-order chi connectivity index (χ1) is 10.7. The van der Waals surface area contributed by atoms with Crippen molar-refractivity contribution >= 4 is 0 Å². The van der Waals surface area contributed by atoms with Crippen molar-refractivity contribution in [1.82, 2.24) is 4.90 Å². The zero-order valence-electron chi connectivity index (χ0n) is 12.5. The van der Waals surface area contributed by atoms with E-state index < -0.39 is 6.10 Å². The normalized spacial score (nSPS) is 14.5. The van der Waals surface area contributed by atoms with E-state index in [2.05, 4.69) is 0 Å². The van der Waals surface area contributed by atoms with E-state index in [0.29, 0.717) is 32.0 Å². The van der Waals surface area contributed by atoms with Gasteiger partial charge in [0.1, 0.15) is 0 Å². The molecule has 0 amide bonds. The lowest BCUT2D eigenvalue weighted by molar-refractivity contribution is 0.00521. The molecule has 1 aromatic carbocycles. The summed E-state index contributed by atoms with van der Waals surface area (Å²) in [6.07, 6.45) is -0.674. The van der Waals surface area contributed by atoms with Gasteiger partial charge in [-0.3, -0.25) is 4.90 Å². The summed E-state index contributed by atoms with van der Waals surface area (Å²) in [6, 6.07) is 5.59. The molecule has 0 saturated carbocycles. The van der Waals surface area contributed by atoms with Gasteiger partial charge in [-0.1, -0.05) is 6.07 Å². The molecule has 0 spiro atoms. The number of aliphatic hydroxyl groups excluding tert-OH is 3. The Bertz CT molecular complexity index is 450. The Morgan fingerprint density at radius 1 is 1.14 bits per heavy atom. The smallest absolute Gasteiger partial charge is 0.231 e. The fraction of sp³-hybridized carbons (Fsp3) is 0.600. The van der Waals surface area contributed by atoms with Crippen molar-refractivity contribution in [3.05, 3.63) is 23.8 Å². The van der Waals surface area contributed by atoms with E-state index in [1.807, 2.05) is 18.2 Å². The second kappa shape index (κ2) is 8.92. The zero-order chi connectivity index (χ0) is 15.8. The topological polar surface area (TPSA) is 91.6 Å². The molecule has 0 aliphatic carbocycles. The molecular weight excluding hydrogens is 290 g/mol. The number of ether oxygens (including phenoxy) is 3. The molecule has 1 aromatic rings. The van der Waals surface area contributed by atoms with Gasteiger partial charge in [-0.2, -0.15) is 0 Å². The average Bonchev–Trinajstić information content (AvgIpc) is 2.95. The van der Waals surface area contributed by atoms with Crippen molar-refractivity contribution in [2.24, 2.45) is 0 Å². The number of rotatable bonds is 10. The lowest BCUT2D eigenvalue weighted by Crippen LogP contribution is -2.38. The van der Waals surface area contributed by atoms with Crippen LogP contribution in [0.15, 0.2) is 18.2 Å². The average molecular weight is 313 g/mol. The molecule has 1 aliphatic heterocycles. The second-order valence-electron chi connectivity index (χ2n) is 5.10. The maximum absolute atomic E-state index is 9.93. The van der Waals surface area contributed by atoms with Crippen molar-refractivity contribution in [3.8, 4) is 11.5 Å². The highest BCUT2D eigenvalue weighted by Gasteiger charge is 2.14. The van der Waals surface area contributed by atoms with E-state index in [0.717, 1.165) is 11.3 Å². The molecule has 0 radical (unpaired) electrons. The Morgan fingerprint density at radius 3 is 2.59 bits per heavy atom. The predicted octanol–water partition coefficient (Wildman–Crippen LogP) is -0.421. The lowest BCUT2D eigenvalue weighted by Gasteiger charge is -2.23. The fourth-order valence-electron chi connectivity index (χ4n) is 2.27. The predicted molar refractivity (Wildman–Crippen MR) is 78.8 cm³/mol. The van der Waals surface area contributed by atoms with Crippen LogP contribution in [0.4, 0.5) is 0 Å². The number of benzene rings is 1. The Kier molecular flexibility index (Phi) is 6.88. The van der Waals surface area contributed by atoms with Crippen LogP contribution >= 0.6 is 0 Å². The summed E-state index contributed by atoms with van der Waals surface area (Å²) >= 11 is 0. The summed E-state index contributed by atoms with van der Waals surface area (Å²) in [7, 11) is 0. The van der Waals surface area contributed by atoms with Gasteiger partial charge in [-0.25, -0.2) is 0 Å². The van der Waals surface area contributed by atoms with E-state index in [-0.39, 0.29) is 26.6 Å². The molecule has 0 aromatic heterocycles. The fourth-order valence-corrected chi connectivity index (χ4v) is 2.27. The second-order valence-corrected chi connectivity index (χ2v) is 5.10. The van der Waals surface area contributed by atoms with Crippen LogP contribution in [0.1, 0.15) is 5.56 Å². The largest absolute Gasteiger partial charge is 0.454 e. The SMILES string of the molecule is OCCN(CCO)C[C@@H](O)COCc1ccc2c(c1)OCO2. The first-order valence-electron chi connectivity index (χ1n) is 7.31. The third kappa shape index (κ3) is 5.11. The molecule has 0 saturated heterocycles. The monoisotopic (exact) mass is 313 g/mol. The van der Waals surface area contributed by atoms with Gasteiger partial charge in [-0.15, -0.1) is 0 Å². The van der Waals surface area contributed by atoms with Crippen LogP contribution in [0.5, 0.6) is 11.5 Å². The molecule has 2 rings (SSSR count). The standard InChI is InChI=1S/C15H23NO6/c17-5-3-16(4-6-18)8-13(19)10-20-9-12-1-2-14-15(7-12)22-11-21-14/h1-2,7,13,17-19H,3-6,8-11H2/t13-/m1/s1. The first-order valence-corrected chi connectivity index (χ1v) is 7.31. The Labute approximate surface area is 129 Å². The minimum Gasteiger partial charge on any atom is -0.454 e. The van der Waals surface area contributed by atoms with Crippen LogP contribution in [0.25, 0.3) is 0 Å². The molecule has 1 aliphatic rings. The highest BCUT2D eigenvalue weighted by atomic mass is 16.7. The van der Waals surface area contributed by atoms with E-state index in [4.69, 9.17) is 24.4 Å². The van der Waals surface area contributed by atoms with E-state index in [9.17, 15) is 5.11 Å². The molecule has 3 N–H and O–H groups in total. The van der Waals surface area contributed by atoms with E-state index in [1.54, 1.807) is 4.90 Å². The van der Waals surface area contributed by atoms with Crippen LogP contribution in [0.2, 0.25) is 0 Å². The zero-order valence-corrected chi connectivity index (χ0v) is 12.5. The van der Waals surface area contributed by atoms with Gasteiger partial charge < -0.3 is 29.5 Å².